The number of rotatable bonds is 5. The number of anilines is 2. The molecule has 0 bridgehead atoms. The maximum Gasteiger partial charge on any atom is 0.141 e. The summed E-state index contributed by atoms with van der Waals surface area (Å²) in [5.41, 5.74) is 3.65. The van der Waals surface area contributed by atoms with E-state index in [1.807, 2.05) is 18.0 Å². The van der Waals surface area contributed by atoms with Gasteiger partial charge in [-0.2, -0.15) is 5.10 Å². The normalized spacial score (nSPS) is 13.1. The lowest BCUT2D eigenvalue weighted by Crippen LogP contribution is -2.21. The van der Waals surface area contributed by atoms with Crippen LogP contribution in [0.15, 0.2) is 70.0 Å². The first-order chi connectivity index (χ1) is 12.3. The Morgan fingerprint density at radius 3 is 2.68 bits per heavy atom. The molecular formula is C19H19N5S. The lowest BCUT2D eigenvalue weighted by atomic mass is 10.1. The quantitative estimate of drug-likeness (QED) is 0.633. The van der Waals surface area contributed by atoms with Crippen LogP contribution in [0.5, 0.6) is 0 Å². The summed E-state index contributed by atoms with van der Waals surface area (Å²) in [5.74, 6) is 0. The summed E-state index contributed by atoms with van der Waals surface area (Å²) < 4.78 is 1.59. The second-order valence-corrected chi connectivity index (χ2v) is 6.97. The van der Waals surface area contributed by atoms with Crippen LogP contribution >= 0.6 is 11.8 Å². The minimum absolute atomic E-state index is 1.04. The summed E-state index contributed by atoms with van der Waals surface area (Å²) >= 11 is 1.82. The Kier molecular flexibility index (Phi) is 4.52. The number of hydrogen-bond donors (Lipinski definition) is 0. The number of benzene rings is 2. The zero-order valence-electron chi connectivity index (χ0n) is 14.0. The third-order valence-corrected chi connectivity index (χ3v) is 5.24. The third kappa shape index (κ3) is 3.30. The Morgan fingerprint density at radius 1 is 1.04 bits per heavy atom. The van der Waals surface area contributed by atoms with E-state index in [0.29, 0.717) is 0 Å². The first kappa shape index (κ1) is 15.9. The molecule has 1 aromatic heterocycles. The molecule has 0 saturated carbocycles. The van der Waals surface area contributed by atoms with Crippen molar-refractivity contribution in [2.75, 3.05) is 11.4 Å². The van der Waals surface area contributed by atoms with Crippen molar-refractivity contribution >= 4 is 29.4 Å². The van der Waals surface area contributed by atoms with E-state index in [-0.39, 0.29) is 0 Å². The molecule has 2 aromatic carbocycles. The summed E-state index contributed by atoms with van der Waals surface area (Å²) in [6.07, 6.45) is 7.35. The Balaban J connectivity index is 1.67. The van der Waals surface area contributed by atoms with Crippen molar-refractivity contribution in [3.63, 3.8) is 0 Å². The predicted octanol–water partition coefficient (Wildman–Crippen LogP) is 4.56. The average Bonchev–Trinajstić information content (AvgIpc) is 3.17. The first-order valence-corrected chi connectivity index (χ1v) is 9.24. The van der Waals surface area contributed by atoms with Gasteiger partial charge in [-0.25, -0.2) is 4.68 Å². The van der Waals surface area contributed by atoms with Gasteiger partial charge < -0.3 is 4.90 Å². The van der Waals surface area contributed by atoms with Gasteiger partial charge in [-0.15, -0.1) is 10.2 Å². The van der Waals surface area contributed by atoms with E-state index in [1.54, 1.807) is 17.3 Å². The van der Waals surface area contributed by atoms with E-state index < -0.39 is 0 Å². The van der Waals surface area contributed by atoms with Crippen molar-refractivity contribution in [2.45, 2.75) is 29.6 Å². The van der Waals surface area contributed by atoms with Gasteiger partial charge in [0.2, 0.25) is 0 Å². The Morgan fingerprint density at radius 2 is 1.84 bits per heavy atom. The fourth-order valence-corrected chi connectivity index (χ4v) is 4.02. The third-order valence-electron chi connectivity index (χ3n) is 4.13. The maximum absolute atomic E-state index is 4.34. The molecule has 3 aromatic rings. The first-order valence-electron chi connectivity index (χ1n) is 8.42. The second-order valence-electron chi connectivity index (χ2n) is 5.89. The largest absolute Gasteiger partial charge is 0.340 e. The Hall–Kier alpha value is -2.60. The molecule has 1 aliphatic rings. The number of fused-ring (bicyclic) bond motifs is 2. The van der Waals surface area contributed by atoms with Crippen LogP contribution in [0.4, 0.5) is 11.4 Å². The van der Waals surface area contributed by atoms with E-state index in [9.17, 15) is 0 Å². The van der Waals surface area contributed by atoms with Crippen LogP contribution in [0.3, 0.4) is 0 Å². The van der Waals surface area contributed by atoms with Crippen LogP contribution in [0.25, 0.3) is 0 Å². The van der Waals surface area contributed by atoms with Crippen molar-refractivity contribution in [1.29, 1.82) is 0 Å². The summed E-state index contributed by atoms with van der Waals surface area (Å²) in [6.45, 7) is 3.27. The van der Waals surface area contributed by atoms with Gasteiger partial charge in [0.05, 0.1) is 17.6 Å². The molecule has 0 fully saturated rings. The number of aromatic nitrogens is 3. The highest BCUT2D eigenvalue weighted by Gasteiger charge is 2.22. The van der Waals surface area contributed by atoms with Gasteiger partial charge in [0.25, 0.3) is 0 Å². The maximum atomic E-state index is 4.34. The molecular weight excluding hydrogens is 330 g/mol. The van der Waals surface area contributed by atoms with Gasteiger partial charge in [-0.05, 0) is 36.2 Å². The van der Waals surface area contributed by atoms with Crippen molar-refractivity contribution in [3.05, 3.63) is 60.7 Å². The number of hydrogen-bond acceptors (Lipinski definition) is 5. The predicted molar refractivity (Wildman–Crippen MR) is 102 cm³/mol. The van der Waals surface area contributed by atoms with Crippen LogP contribution in [-0.4, -0.2) is 27.6 Å². The molecule has 0 aliphatic carbocycles. The van der Waals surface area contributed by atoms with Gasteiger partial charge in [0, 0.05) is 16.3 Å². The fraction of sp³-hybridized carbons (Fsp3) is 0.211. The van der Waals surface area contributed by atoms with Gasteiger partial charge in [0.1, 0.15) is 12.7 Å². The molecule has 0 radical (unpaired) electrons. The van der Waals surface area contributed by atoms with Crippen LogP contribution in [-0.2, 0) is 0 Å². The summed E-state index contributed by atoms with van der Waals surface area (Å²) in [4.78, 5) is 5.01. The van der Waals surface area contributed by atoms with Gasteiger partial charge >= 0.3 is 0 Å². The molecule has 6 heteroatoms. The molecule has 126 valence electrons. The number of para-hydroxylation sites is 1. The molecule has 25 heavy (non-hydrogen) atoms. The minimum atomic E-state index is 1.04. The molecule has 5 nitrogen and oxygen atoms in total. The minimum Gasteiger partial charge on any atom is -0.340 e. The molecule has 2 heterocycles. The lowest BCUT2D eigenvalue weighted by Gasteiger charge is -2.33. The highest BCUT2D eigenvalue weighted by atomic mass is 32.2. The second kappa shape index (κ2) is 7.11. The van der Waals surface area contributed by atoms with Crippen molar-refractivity contribution in [3.8, 4) is 0 Å². The summed E-state index contributed by atoms with van der Waals surface area (Å²) in [7, 11) is 0. The highest BCUT2D eigenvalue weighted by molar-refractivity contribution is 7.99. The Bertz CT molecular complexity index is 889. The van der Waals surface area contributed by atoms with Crippen molar-refractivity contribution < 1.29 is 0 Å². The van der Waals surface area contributed by atoms with Gasteiger partial charge in [-0.1, -0.05) is 43.3 Å². The average molecular weight is 349 g/mol. The van der Waals surface area contributed by atoms with E-state index in [1.165, 1.54) is 34.0 Å². The monoisotopic (exact) mass is 349 g/mol. The number of nitrogens with zero attached hydrogens (tertiary/aromatic N) is 5. The lowest BCUT2D eigenvalue weighted by molar-refractivity contribution is 0.777. The molecule has 0 saturated heterocycles. The molecule has 0 atom stereocenters. The van der Waals surface area contributed by atoms with Crippen LogP contribution < -0.4 is 4.90 Å². The molecule has 4 rings (SSSR count). The summed E-state index contributed by atoms with van der Waals surface area (Å²) in [5, 5.41) is 11.9. The van der Waals surface area contributed by atoms with Gasteiger partial charge in [-0.3, -0.25) is 0 Å². The van der Waals surface area contributed by atoms with Crippen LogP contribution in [0, 0.1) is 0 Å². The smallest absolute Gasteiger partial charge is 0.141 e. The molecule has 0 N–H and O–H groups in total. The van der Waals surface area contributed by atoms with Crippen LogP contribution in [0.1, 0.15) is 25.3 Å². The topological polar surface area (TPSA) is 46.3 Å². The molecule has 0 spiro atoms. The van der Waals surface area contributed by atoms with Crippen molar-refractivity contribution in [1.82, 2.24) is 14.9 Å². The zero-order valence-corrected chi connectivity index (χ0v) is 14.9. The number of unbranched alkanes of at least 4 members (excludes halogenated alkanes) is 1. The standard InChI is InChI=1S/C19H19N5S/c1-2-3-10-24-16-6-4-5-7-18(16)25-19-11-15(8-9-17(19)24)12-22-23-13-20-21-14-23/h4-9,11-14H,2-3,10H2,1H3/b22-12+. The van der Waals surface area contributed by atoms with E-state index in [0.717, 1.165) is 12.1 Å². The summed E-state index contributed by atoms with van der Waals surface area (Å²) in [6, 6.07) is 15.1. The zero-order chi connectivity index (χ0) is 17.1. The van der Waals surface area contributed by atoms with E-state index >= 15 is 0 Å². The molecule has 1 aliphatic heterocycles. The van der Waals surface area contributed by atoms with E-state index in [4.69, 9.17) is 0 Å². The SMILES string of the molecule is CCCCN1c2ccccc2Sc2cc(/C=N/n3cnnc3)ccc21. The molecule has 0 unspecified atom stereocenters. The molecule has 0 amide bonds. The highest BCUT2D eigenvalue weighted by Crippen LogP contribution is 2.48. The Labute approximate surface area is 151 Å². The van der Waals surface area contributed by atoms with Gasteiger partial charge in [0.15, 0.2) is 0 Å². The van der Waals surface area contributed by atoms with Crippen LogP contribution in [0.2, 0.25) is 0 Å². The van der Waals surface area contributed by atoms with E-state index in [2.05, 4.69) is 69.6 Å². The fourth-order valence-electron chi connectivity index (χ4n) is 2.88. The van der Waals surface area contributed by atoms with Crippen molar-refractivity contribution in [2.24, 2.45) is 5.10 Å².